The summed E-state index contributed by atoms with van der Waals surface area (Å²) < 4.78 is 5.48. The summed E-state index contributed by atoms with van der Waals surface area (Å²) in [6, 6.07) is 0. The Morgan fingerprint density at radius 2 is 2.20 bits per heavy atom. The summed E-state index contributed by atoms with van der Waals surface area (Å²) in [5.41, 5.74) is 0. The van der Waals surface area contributed by atoms with Crippen molar-refractivity contribution in [1.29, 1.82) is 0 Å². The zero-order valence-electron chi connectivity index (χ0n) is 6.01. The van der Waals surface area contributed by atoms with Gasteiger partial charge in [-0.3, -0.25) is 4.79 Å². The Balaban J connectivity index is 2.10. The van der Waals surface area contributed by atoms with E-state index in [0.717, 1.165) is 32.1 Å². The predicted octanol–water partition coefficient (Wildman–Crippen LogP) is 1.29. The van der Waals surface area contributed by atoms with Crippen molar-refractivity contribution in [3.05, 3.63) is 0 Å². The molecule has 2 aliphatic rings. The Labute approximate surface area is 60.6 Å². The number of carbonyl (C=O) groups excluding carboxylic acids is 1. The molecule has 0 amide bonds. The third-order valence-corrected chi connectivity index (χ3v) is 2.42. The lowest BCUT2D eigenvalue weighted by Crippen LogP contribution is -2.17. The average Bonchev–Trinajstić information content (AvgIpc) is 2.27. The van der Waals surface area contributed by atoms with Crippen LogP contribution in [0.4, 0.5) is 0 Å². The summed E-state index contributed by atoms with van der Waals surface area (Å²) in [6.07, 6.45) is 5.37. The van der Waals surface area contributed by atoms with Gasteiger partial charge in [-0.2, -0.15) is 0 Å². The highest BCUT2D eigenvalue weighted by atomic mass is 16.5. The number of Topliss-reactive ketones (excluding diaryl/α,β-unsaturated/α-hetero) is 1. The van der Waals surface area contributed by atoms with Gasteiger partial charge in [0.2, 0.25) is 0 Å². The molecule has 0 aromatic heterocycles. The van der Waals surface area contributed by atoms with Gasteiger partial charge in [0, 0.05) is 6.42 Å². The van der Waals surface area contributed by atoms with Gasteiger partial charge < -0.3 is 4.74 Å². The highest BCUT2D eigenvalue weighted by molar-refractivity contribution is 5.83. The largest absolute Gasteiger partial charge is 0.367 e. The smallest absolute Gasteiger partial charge is 0.161 e. The van der Waals surface area contributed by atoms with Crippen molar-refractivity contribution in [2.45, 2.75) is 44.3 Å². The molecule has 2 rings (SSSR count). The fraction of sp³-hybridized carbons (Fsp3) is 0.875. The topological polar surface area (TPSA) is 26.3 Å². The second kappa shape index (κ2) is 2.35. The fourth-order valence-corrected chi connectivity index (χ4v) is 1.82. The number of hydrogen-bond donors (Lipinski definition) is 0. The van der Waals surface area contributed by atoms with Crippen LogP contribution in [0, 0.1) is 0 Å². The van der Waals surface area contributed by atoms with E-state index in [1.807, 2.05) is 0 Å². The minimum atomic E-state index is -0.0208. The van der Waals surface area contributed by atoms with Crippen LogP contribution in [0.2, 0.25) is 0 Å². The molecule has 10 heavy (non-hydrogen) atoms. The van der Waals surface area contributed by atoms with Crippen molar-refractivity contribution < 1.29 is 9.53 Å². The van der Waals surface area contributed by atoms with Gasteiger partial charge in [0.15, 0.2) is 5.78 Å². The second-order valence-corrected chi connectivity index (χ2v) is 3.18. The number of fused-ring (bicyclic) bond motifs is 2. The first-order valence-electron chi connectivity index (χ1n) is 4.04. The number of hydrogen-bond acceptors (Lipinski definition) is 2. The maximum absolute atomic E-state index is 11.1. The van der Waals surface area contributed by atoms with Crippen LogP contribution in [-0.4, -0.2) is 18.0 Å². The quantitative estimate of drug-likeness (QED) is 0.506. The molecule has 2 atom stereocenters. The van der Waals surface area contributed by atoms with Gasteiger partial charge >= 0.3 is 0 Å². The number of rotatable bonds is 0. The van der Waals surface area contributed by atoms with Crippen LogP contribution in [0.3, 0.4) is 0 Å². The molecule has 0 aliphatic carbocycles. The molecule has 0 aromatic rings. The maximum Gasteiger partial charge on any atom is 0.161 e. The zero-order valence-corrected chi connectivity index (χ0v) is 6.01. The summed E-state index contributed by atoms with van der Waals surface area (Å²) >= 11 is 0. The van der Waals surface area contributed by atoms with Gasteiger partial charge in [-0.1, -0.05) is 0 Å². The average molecular weight is 140 g/mol. The molecule has 56 valence electrons. The van der Waals surface area contributed by atoms with Crippen molar-refractivity contribution in [3.8, 4) is 0 Å². The maximum atomic E-state index is 11.1. The summed E-state index contributed by atoms with van der Waals surface area (Å²) in [4.78, 5) is 11.1. The van der Waals surface area contributed by atoms with Crippen molar-refractivity contribution in [3.63, 3.8) is 0 Å². The first-order valence-corrected chi connectivity index (χ1v) is 4.04. The van der Waals surface area contributed by atoms with E-state index in [2.05, 4.69) is 0 Å². The van der Waals surface area contributed by atoms with Crippen molar-refractivity contribution in [1.82, 2.24) is 0 Å². The van der Waals surface area contributed by atoms with Gasteiger partial charge in [-0.15, -0.1) is 0 Å². The van der Waals surface area contributed by atoms with Crippen LogP contribution >= 0.6 is 0 Å². The minimum Gasteiger partial charge on any atom is -0.367 e. The second-order valence-electron chi connectivity index (χ2n) is 3.18. The van der Waals surface area contributed by atoms with E-state index in [0.29, 0.717) is 11.9 Å². The number of carbonyl (C=O) groups is 1. The fourth-order valence-electron chi connectivity index (χ4n) is 1.82. The summed E-state index contributed by atoms with van der Waals surface area (Å²) in [6.45, 7) is 0. The molecular weight excluding hydrogens is 128 g/mol. The molecule has 0 radical (unpaired) electrons. The highest BCUT2D eigenvalue weighted by Crippen LogP contribution is 2.28. The third kappa shape index (κ3) is 0.966. The Hall–Kier alpha value is -0.370. The van der Waals surface area contributed by atoms with Crippen LogP contribution in [0.15, 0.2) is 0 Å². The van der Waals surface area contributed by atoms with Crippen molar-refractivity contribution in [2.24, 2.45) is 0 Å². The van der Waals surface area contributed by atoms with Gasteiger partial charge in [0.1, 0.15) is 6.10 Å². The van der Waals surface area contributed by atoms with Crippen LogP contribution < -0.4 is 0 Å². The Bertz CT molecular complexity index is 153. The predicted molar refractivity (Wildman–Crippen MR) is 36.8 cm³/mol. The molecule has 0 spiro atoms. The number of ketones is 1. The Morgan fingerprint density at radius 3 is 3.10 bits per heavy atom. The first-order chi connectivity index (χ1) is 4.86. The lowest BCUT2D eigenvalue weighted by atomic mass is 10.0. The lowest BCUT2D eigenvalue weighted by Gasteiger charge is -2.04. The van der Waals surface area contributed by atoms with E-state index >= 15 is 0 Å². The molecule has 2 nitrogen and oxygen atoms in total. The van der Waals surface area contributed by atoms with Gasteiger partial charge in [-0.25, -0.2) is 0 Å². The molecule has 0 saturated carbocycles. The molecule has 2 heteroatoms. The van der Waals surface area contributed by atoms with Crippen LogP contribution in [0.25, 0.3) is 0 Å². The van der Waals surface area contributed by atoms with Crippen LogP contribution in [0.5, 0.6) is 0 Å². The molecule has 2 saturated heterocycles. The normalized spacial score (nSPS) is 39.8. The molecule has 2 aliphatic heterocycles. The van der Waals surface area contributed by atoms with Crippen molar-refractivity contribution >= 4 is 5.78 Å². The van der Waals surface area contributed by atoms with E-state index < -0.39 is 0 Å². The SMILES string of the molecule is O=C1CCCC2CCC1O2. The molecule has 2 bridgehead atoms. The van der Waals surface area contributed by atoms with E-state index in [1.54, 1.807) is 0 Å². The van der Waals surface area contributed by atoms with Crippen LogP contribution in [-0.2, 0) is 9.53 Å². The molecule has 0 aromatic carbocycles. The highest BCUT2D eigenvalue weighted by Gasteiger charge is 2.32. The Kier molecular flexibility index (Phi) is 1.49. The Morgan fingerprint density at radius 1 is 1.30 bits per heavy atom. The van der Waals surface area contributed by atoms with Gasteiger partial charge in [0.05, 0.1) is 6.10 Å². The molecule has 2 fully saturated rings. The number of ether oxygens (including phenoxy) is 1. The molecular formula is C8H12O2. The lowest BCUT2D eigenvalue weighted by molar-refractivity contribution is -0.128. The van der Waals surface area contributed by atoms with Gasteiger partial charge in [-0.05, 0) is 25.7 Å². The molecule has 0 N–H and O–H groups in total. The van der Waals surface area contributed by atoms with Crippen molar-refractivity contribution in [2.75, 3.05) is 0 Å². The molecule has 2 unspecified atom stereocenters. The minimum absolute atomic E-state index is 0.0208. The van der Waals surface area contributed by atoms with E-state index in [1.165, 1.54) is 0 Å². The standard InChI is InChI=1S/C8H12O2/c9-7-3-1-2-6-4-5-8(7)10-6/h6,8H,1-5H2. The van der Waals surface area contributed by atoms with E-state index in [9.17, 15) is 4.79 Å². The zero-order chi connectivity index (χ0) is 6.97. The molecule has 2 heterocycles. The monoisotopic (exact) mass is 140 g/mol. The summed E-state index contributed by atoms with van der Waals surface area (Å²) in [5.74, 6) is 0.333. The third-order valence-electron chi connectivity index (χ3n) is 2.42. The van der Waals surface area contributed by atoms with E-state index in [4.69, 9.17) is 4.74 Å². The van der Waals surface area contributed by atoms with E-state index in [-0.39, 0.29) is 6.10 Å². The first kappa shape index (κ1) is 6.35. The van der Waals surface area contributed by atoms with Crippen LogP contribution in [0.1, 0.15) is 32.1 Å². The summed E-state index contributed by atoms with van der Waals surface area (Å²) in [5, 5.41) is 0. The van der Waals surface area contributed by atoms with Gasteiger partial charge in [0.25, 0.3) is 0 Å². The summed E-state index contributed by atoms with van der Waals surface area (Å²) in [7, 11) is 0.